The number of aromatic nitrogens is 2. The number of hydrogen-bond acceptors (Lipinski definition) is 3. The lowest BCUT2D eigenvalue weighted by Gasteiger charge is -2.16. The summed E-state index contributed by atoms with van der Waals surface area (Å²) in [6.07, 6.45) is 0. The van der Waals surface area contributed by atoms with E-state index in [0.29, 0.717) is 12.1 Å². The van der Waals surface area contributed by atoms with Crippen molar-refractivity contribution in [1.29, 1.82) is 0 Å². The third-order valence-electron chi connectivity index (χ3n) is 4.28. The van der Waals surface area contributed by atoms with Crippen molar-refractivity contribution < 1.29 is 9.50 Å². The molecule has 3 aromatic rings. The third-order valence-corrected chi connectivity index (χ3v) is 4.28. The molecule has 2 N–H and O–H groups in total. The second kappa shape index (κ2) is 7.11. The van der Waals surface area contributed by atoms with E-state index in [-0.39, 0.29) is 18.5 Å². The first-order valence-corrected chi connectivity index (χ1v) is 8.20. The molecule has 1 unspecified atom stereocenters. The maximum Gasteiger partial charge on any atom is 0.128 e. The maximum absolute atomic E-state index is 13.5. The van der Waals surface area contributed by atoms with Gasteiger partial charge in [0.2, 0.25) is 0 Å². The normalized spacial score (nSPS) is 12.7. The van der Waals surface area contributed by atoms with Crippen molar-refractivity contribution in [3.8, 4) is 0 Å². The summed E-state index contributed by atoms with van der Waals surface area (Å²) in [7, 11) is 0. The molecule has 0 aliphatic rings. The van der Waals surface area contributed by atoms with Crippen LogP contribution >= 0.6 is 0 Å². The van der Waals surface area contributed by atoms with Crippen LogP contribution in [0.15, 0.2) is 42.5 Å². The third kappa shape index (κ3) is 3.18. The Morgan fingerprint density at radius 2 is 2.04 bits per heavy atom. The Kier molecular flexibility index (Phi) is 4.92. The van der Waals surface area contributed by atoms with Crippen molar-refractivity contribution in [1.82, 2.24) is 14.9 Å². The van der Waals surface area contributed by atoms with E-state index in [9.17, 15) is 9.50 Å². The van der Waals surface area contributed by atoms with Crippen molar-refractivity contribution in [2.24, 2.45) is 0 Å². The highest BCUT2D eigenvalue weighted by Crippen LogP contribution is 2.21. The maximum atomic E-state index is 13.5. The molecule has 4 nitrogen and oxygen atoms in total. The van der Waals surface area contributed by atoms with Gasteiger partial charge in [0.05, 0.1) is 23.7 Å². The molecule has 0 radical (unpaired) electrons. The lowest BCUT2D eigenvalue weighted by atomic mass is 10.1. The monoisotopic (exact) mass is 327 g/mol. The summed E-state index contributed by atoms with van der Waals surface area (Å²) >= 11 is 0. The Hall–Kier alpha value is -2.24. The number of aliphatic hydroxyl groups is 1. The molecule has 0 amide bonds. The van der Waals surface area contributed by atoms with Gasteiger partial charge in [-0.2, -0.15) is 0 Å². The van der Waals surface area contributed by atoms with Crippen LogP contribution in [-0.4, -0.2) is 14.7 Å². The van der Waals surface area contributed by atoms with Gasteiger partial charge in [-0.05, 0) is 43.7 Å². The van der Waals surface area contributed by atoms with E-state index in [1.165, 1.54) is 6.07 Å². The number of para-hydroxylation sites is 2. The standard InChI is InChI=1S/C19H22FN3O/c1-3-23-18-7-5-4-6-17(18)22-19(23)13(2)21-11-14-8-9-16(20)15(10-14)12-24/h4-10,13,21,24H,3,11-12H2,1-2H3. The average molecular weight is 327 g/mol. The van der Waals surface area contributed by atoms with E-state index >= 15 is 0 Å². The second-order valence-corrected chi connectivity index (χ2v) is 5.89. The lowest BCUT2D eigenvalue weighted by Crippen LogP contribution is -2.21. The molecular weight excluding hydrogens is 305 g/mol. The molecule has 1 heterocycles. The Labute approximate surface area is 141 Å². The molecule has 1 aromatic heterocycles. The van der Waals surface area contributed by atoms with Gasteiger partial charge in [0, 0.05) is 18.7 Å². The van der Waals surface area contributed by atoms with Gasteiger partial charge < -0.3 is 15.0 Å². The molecule has 2 aromatic carbocycles. The predicted octanol–water partition coefficient (Wildman–Crippen LogP) is 3.54. The highest BCUT2D eigenvalue weighted by molar-refractivity contribution is 5.76. The van der Waals surface area contributed by atoms with Crippen LogP contribution in [0.3, 0.4) is 0 Å². The zero-order valence-corrected chi connectivity index (χ0v) is 14.0. The molecule has 1 atom stereocenters. The summed E-state index contributed by atoms with van der Waals surface area (Å²) < 4.78 is 15.7. The molecule has 5 heteroatoms. The molecule has 126 valence electrons. The molecule has 0 fully saturated rings. The van der Waals surface area contributed by atoms with Gasteiger partial charge in [0.25, 0.3) is 0 Å². The summed E-state index contributed by atoms with van der Waals surface area (Å²) in [6, 6.07) is 13.0. The number of hydrogen-bond donors (Lipinski definition) is 2. The van der Waals surface area contributed by atoms with E-state index in [0.717, 1.165) is 29.0 Å². The molecule has 0 aliphatic heterocycles. The SMILES string of the molecule is CCn1c(C(C)NCc2ccc(F)c(CO)c2)nc2ccccc21. The van der Waals surface area contributed by atoms with Crippen LogP contribution in [0, 0.1) is 5.82 Å². The van der Waals surface area contributed by atoms with Crippen molar-refractivity contribution in [2.75, 3.05) is 0 Å². The minimum atomic E-state index is -0.373. The van der Waals surface area contributed by atoms with Crippen LogP contribution in [0.4, 0.5) is 4.39 Å². The highest BCUT2D eigenvalue weighted by Gasteiger charge is 2.15. The van der Waals surface area contributed by atoms with E-state index in [1.807, 2.05) is 18.2 Å². The number of nitrogens with zero attached hydrogens (tertiary/aromatic N) is 2. The quantitative estimate of drug-likeness (QED) is 0.728. The minimum absolute atomic E-state index is 0.0555. The Balaban J connectivity index is 1.79. The van der Waals surface area contributed by atoms with Crippen LogP contribution in [0.2, 0.25) is 0 Å². The number of nitrogens with one attached hydrogen (secondary N) is 1. The van der Waals surface area contributed by atoms with Gasteiger partial charge >= 0.3 is 0 Å². The number of imidazole rings is 1. The van der Waals surface area contributed by atoms with Crippen molar-refractivity contribution in [3.05, 3.63) is 65.2 Å². The number of benzene rings is 2. The summed E-state index contributed by atoms with van der Waals surface area (Å²) in [6.45, 7) is 5.33. The first kappa shape index (κ1) is 16.6. The molecule has 0 spiro atoms. The largest absolute Gasteiger partial charge is 0.392 e. The van der Waals surface area contributed by atoms with E-state index in [1.54, 1.807) is 12.1 Å². The van der Waals surface area contributed by atoms with Gasteiger partial charge in [0.15, 0.2) is 0 Å². The molecule has 24 heavy (non-hydrogen) atoms. The summed E-state index contributed by atoms with van der Waals surface area (Å²) in [5, 5.41) is 12.6. The van der Waals surface area contributed by atoms with Crippen LogP contribution in [0.1, 0.15) is 36.8 Å². The fraction of sp³-hybridized carbons (Fsp3) is 0.316. The topological polar surface area (TPSA) is 50.1 Å². The Bertz CT molecular complexity index is 844. The number of fused-ring (bicyclic) bond motifs is 1. The molecule has 0 bridgehead atoms. The zero-order chi connectivity index (χ0) is 17.1. The smallest absolute Gasteiger partial charge is 0.128 e. The van der Waals surface area contributed by atoms with Crippen LogP contribution in [0.25, 0.3) is 11.0 Å². The van der Waals surface area contributed by atoms with Gasteiger partial charge in [-0.1, -0.05) is 18.2 Å². The van der Waals surface area contributed by atoms with Gasteiger partial charge in [-0.15, -0.1) is 0 Å². The van der Waals surface area contributed by atoms with Crippen LogP contribution in [0.5, 0.6) is 0 Å². The number of aryl methyl sites for hydroxylation is 1. The molecule has 3 rings (SSSR count). The summed E-state index contributed by atoms with van der Waals surface area (Å²) in [5.41, 5.74) is 3.38. The molecular formula is C19H22FN3O. The average Bonchev–Trinajstić information content (AvgIpc) is 2.99. The van der Waals surface area contributed by atoms with Gasteiger partial charge in [0.1, 0.15) is 11.6 Å². The number of halogens is 1. The van der Waals surface area contributed by atoms with Crippen molar-refractivity contribution in [2.45, 2.75) is 39.6 Å². The second-order valence-electron chi connectivity index (χ2n) is 5.89. The molecule has 0 saturated carbocycles. The highest BCUT2D eigenvalue weighted by atomic mass is 19.1. The van der Waals surface area contributed by atoms with Crippen LogP contribution < -0.4 is 5.32 Å². The van der Waals surface area contributed by atoms with Crippen LogP contribution in [-0.2, 0) is 19.7 Å². The predicted molar refractivity (Wildman–Crippen MR) is 93.0 cm³/mol. The Morgan fingerprint density at radius 3 is 2.79 bits per heavy atom. The first-order chi connectivity index (χ1) is 11.6. The minimum Gasteiger partial charge on any atom is -0.392 e. The first-order valence-electron chi connectivity index (χ1n) is 8.20. The summed E-state index contributed by atoms with van der Waals surface area (Å²) in [5.74, 6) is 0.616. The molecule has 0 aliphatic carbocycles. The van der Waals surface area contributed by atoms with E-state index < -0.39 is 0 Å². The lowest BCUT2D eigenvalue weighted by molar-refractivity contribution is 0.275. The van der Waals surface area contributed by atoms with Gasteiger partial charge in [-0.3, -0.25) is 0 Å². The zero-order valence-electron chi connectivity index (χ0n) is 14.0. The van der Waals surface area contributed by atoms with Crippen molar-refractivity contribution in [3.63, 3.8) is 0 Å². The van der Waals surface area contributed by atoms with E-state index in [4.69, 9.17) is 4.98 Å². The Morgan fingerprint density at radius 1 is 1.25 bits per heavy atom. The number of aliphatic hydroxyl groups excluding tert-OH is 1. The van der Waals surface area contributed by atoms with Gasteiger partial charge in [-0.25, -0.2) is 9.37 Å². The van der Waals surface area contributed by atoms with Crippen molar-refractivity contribution >= 4 is 11.0 Å². The fourth-order valence-corrected chi connectivity index (χ4v) is 2.98. The fourth-order valence-electron chi connectivity index (χ4n) is 2.98. The molecule has 0 saturated heterocycles. The summed E-state index contributed by atoms with van der Waals surface area (Å²) in [4.78, 5) is 4.74. The van der Waals surface area contributed by atoms with E-state index in [2.05, 4.69) is 29.8 Å². The number of rotatable bonds is 6.